The highest BCUT2D eigenvalue weighted by Crippen LogP contribution is 2.36. The zero-order chi connectivity index (χ0) is 18.9. The zero-order valence-corrected chi connectivity index (χ0v) is 16.8. The predicted octanol–water partition coefficient (Wildman–Crippen LogP) is 3.48. The van der Waals surface area contributed by atoms with Gasteiger partial charge in [0.15, 0.2) is 0 Å². The van der Waals surface area contributed by atoms with Crippen molar-refractivity contribution in [3.63, 3.8) is 0 Å². The second kappa shape index (κ2) is 7.74. The van der Waals surface area contributed by atoms with E-state index in [4.69, 9.17) is 4.98 Å². The lowest BCUT2D eigenvalue weighted by molar-refractivity contribution is 0.198. The van der Waals surface area contributed by atoms with Gasteiger partial charge in [-0.25, -0.2) is 19.9 Å². The maximum Gasteiger partial charge on any atom is 0.132 e. The first-order valence-electron chi connectivity index (χ1n) is 10.9. The highest BCUT2D eigenvalue weighted by Gasteiger charge is 2.36. The molecule has 3 aliphatic rings. The topological polar surface area (TPSA) is 58.0 Å². The lowest BCUT2D eigenvalue weighted by atomic mass is 9.85. The summed E-state index contributed by atoms with van der Waals surface area (Å²) >= 11 is 0. The molecule has 0 unspecified atom stereocenters. The summed E-state index contributed by atoms with van der Waals surface area (Å²) in [5.74, 6) is 2.79. The largest absolute Gasteiger partial charge is 0.350 e. The SMILES string of the molecule is Cc1cc(N(C2CC2)C2CCN(Cc3ccnc(C4CCC4)n3)CC2)ncn1. The van der Waals surface area contributed by atoms with Gasteiger partial charge in [-0.1, -0.05) is 6.42 Å². The number of aromatic nitrogens is 4. The van der Waals surface area contributed by atoms with Crippen LogP contribution >= 0.6 is 0 Å². The molecule has 3 fully saturated rings. The lowest BCUT2D eigenvalue weighted by Crippen LogP contribution is -2.46. The van der Waals surface area contributed by atoms with E-state index in [0.717, 1.165) is 37.0 Å². The average molecular weight is 379 g/mol. The molecule has 0 aromatic carbocycles. The molecule has 0 spiro atoms. The van der Waals surface area contributed by atoms with Gasteiger partial charge in [0.05, 0.1) is 5.69 Å². The summed E-state index contributed by atoms with van der Waals surface area (Å²) in [6.45, 7) is 5.25. The van der Waals surface area contributed by atoms with Crippen molar-refractivity contribution in [2.75, 3.05) is 18.0 Å². The van der Waals surface area contributed by atoms with Crippen molar-refractivity contribution >= 4 is 5.82 Å². The van der Waals surface area contributed by atoms with E-state index >= 15 is 0 Å². The van der Waals surface area contributed by atoms with Gasteiger partial charge in [0, 0.05) is 55.6 Å². The van der Waals surface area contributed by atoms with Crippen LogP contribution in [0.3, 0.4) is 0 Å². The summed E-state index contributed by atoms with van der Waals surface area (Å²) in [4.78, 5) is 23.4. The van der Waals surface area contributed by atoms with Crippen LogP contribution in [-0.2, 0) is 6.54 Å². The van der Waals surface area contributed by atoms with Gasteiger partial charge in [0.25, 0.3) is 0 Å². The minimum absolute atomic E-state index is 0.592. The Morgan fingerprint density at radius 2 is 1.79 bits per heavy atom. The fraction of sp³-hybridized carbons (Fsp3) is 0.636. The van der Waals surface area contributed by atoms with Crippen LogP contribution in [0.2, 0.25) is 0 Å². The molecule has 2 aromatic heterocycles. The predicted molar refractivity (Wildman–Crippen MR) is 109 cm³/mol. The number of rotatable bonds is 6. The third-order valence-corrected chi connectivity index (χ3v) is 6.53. The Kier molecular flexibility index (Phi) is 4.97. The van der Waals surface area contributed by atoms with Crippen LogP contribution in [0.1, 0.15) is 68.1 Å². The summed E-state index contributed by atoms with van der Waals surface area (Å²) < 4.78 is 0. The molecule has 6 nitrogen and oxygen atoms in total. The van der Waals surface area contributed by atoms with E-state index in [1.807, 2.05) is 6.20 Å². The van der Waals surface area contributed by atoms with Crippen LogP contribution in [0, 0.1) is 6.92 Å². The van der Waals surface area contributed by atoms with Crippen LogP contribution in [0.25, 0.3) is 0 Å². The van der Waals surface area contributed by atoms with Crippen molar-refractivity contribution in [3.8, 4) is 0 Å². The third kappa shape index (κ3) is 3.88. The lowest BCUT2D eigenvalue weighted by Gasteiger charge is -2.39. The molecule has 2 saturated carbocycles. The van der Waals surface area contributed by atoms with Gasteiger partial charge in [-0.05, 0) is 51.5 Å². The summed E-state index contributed by atoms with van der Waals surface area (Å²) in [6.07, 6.45) is 12.5. The Hall–Kier alpha value is -2.08. The zero-order valence-electron chi connectivity index (χ0n) is 16.8. The van der Waals surface area contributed by atoms with Crippen LogP contribution < -0.4 is 4.90 Å². The van der Waals surface area contributed by atoms with Crippen molar-refractivity contribution in [2.24, 2.45) is 0 Å². The van der Waals surface area contributed by atoms with E-state index in [9.17, 15) is 0 Å². The number of hydrogen-bond acceptors (Lipinski definition) is 6. The number of aryl methyl sites for hydroxylation is 1. The third-order valence-electron chi connectivity index (χ3n) is 6.53. The van der Waals surface area contributed by atoms with Gasteiger partial charge in [-0.2, -0.15) is 0 Å². The van der Waals surface area contributed by atoms with Crippen LogP contribution in [0.4, 0.5) is 5.82 Å². The first kappa shape index (κ1) is 18.0. The van der Waals surface area contributed by atoms with E-state index in [-0.39, 0.29) is 0 Å². The molecule has 3 heterocycles. The van der Waals surface area contributed by atoms with E-state index in [1.165, 1.54) is 50.6 Å². The Bertz CT molecular complexity index is 808. The minimum Gasteiger partial charge on any atom is -0.350 e. The van der Waals surface area contributed by atoms with Gasteiger partial charge in [-0.15, -0.1) is 0 Å². The molecule has 6 heteroatoms. The number of piperidine rings is 1. The molecule has 0 bridgehead atoms. The monoisotopic (exact) mass is 378 g/mol. The Labute approximate surface area is 167 Å². The quantitative estimate of drug-likeness (QED) is 0.767. The number of hydrogen-bond donors (Lipinski definition) is 0. The van der Waals surface area contributed by atoms with E-state index < -0.39 is 0 Å². The number of likely N-dealkylation sites (tertiary alicyclic amines) is 1. The standard InChI is InChI=1S/C22H30N6/c1-16-13-21(25-15-24-16)28(19-5-6-19)20-8-11-27(12-9-20)14-18-7-10-23-22(26-18)17-3-2-4-17/h7,10,13,15,17,19-20H,2-6,8-9,11-12,14H2,1H3. The molecule has 0 atom stereocenters. The second-order valence-electron chi connectivity index (χ2n) is 8.70. The van der Waals surface area contributed by atoms with Gasteiger partial charge in [0.1, 0.15) is 18.0 Å². The molecule has 1 saturated heterocycles. The summed E-state index contributed by atoms with van der Waals surface area (Å²) in [5, 5.41) is 0. The highest BCUT2D eigenvalue weighted by atomic mass is 15.3. The summed E-state index contributed by atoms with van der Waals surface area (Å²) in [6, 6.07) is 5.51. The Morgan fingerprint density at radius 3 is 2.46 bits per heavy atom. The normalized spacial score (nSPS) is 21.5. The van der Waals surface area contributed by atoms with Gasteiger partial charge in [-0.3, -0.25) is 4.90 Å². The fourth-order valence-electron chi connectivity index (χ4n) is 4.56. The minimum atomic E-state index is 0.592. The maximum absolute atomic E-state index is 4.86. The molecule has 0 radical (unpaired) electrons. The van der Waals surface area contributed by atoms with Gasteiger partial charge >= 0.3 is 0 Å². The Morgan fingerprint density at radius 1 is 1.00 bits per heavy atom. The van der Waals surface area contributed by atoms with Gasteiger partial charge in [0.2, 0.25) is 0 Å². The van der Waals surface area contributed by atoms with Crippen LogP contribution in [0.5, 0.6) is 0 Å². The fourth-order valence-corrected chi connectivity index (χ4v) is 4.56. The van der Waals surface area contributed by atoms with Crippen molar-refractivity contribution in [2.45, 2.75) is 76.4 Å². The summed E-state index contributed by atoms with van der Waals surface area (Å²) in [7, 11) is 0. The maximum atomic E-state index is 4.86. The van der Waals surface area contributed by atoms with Crippen molar-refractivity contribution < 1.29 is 0 Å². The van der Waals surface area contributed by atoms with Crippen LogP contribution in [-0.4, -0.2) is 50.0 Å². The van der Waals surface area contributed by atoms with Crippen LogP contribution in [0.15, 0.2) is 24.7 Å². The summed E-state index contributed by atoms with van der Waals surface area (Å²) in [5.41, 5.74) is 2.24. The van der Waals surface area contributed by atoms with E-state index in [2.05, 4.69) is 43.8 Å². The first-order chi connectivity index (χ1) is 13.8. The molecule has 148 valence electrons. The van der Waals surface area contributed by atoms with Gasteiger partial charge < -0.3 is 4.90 Å². The smallest absolute Gasteiger partial charge is 0.132 e. The average Bonchev–Trinajstić information content (AvgIpc) is 3.47. The van der Waals surface area contributed by atoms with Crippen molar-refractivity contribution in [1.29, 1.82) is 0 Å². The number of nitrogens with zero attached hydrogens (tertiary/aromatic N) is 6. The molecule has 28 heavy (non-hydrogen) atoms. The first-order valence-corrected chi connectivity index (χ1v) is 10.9. The number of anilines is 1. The van der Waals surface area contributed by atoms with Crippen molar-refractivity contribution in [3.05, 3.63) is 41.9 Å². The molecule has 2 aliphatic carbocycles. The Balaban J connectivity index is 1.21. The van der Waals surface area contributed by atoms with E-state index in [1.54, 1.807) is 6.33 Å². The molecular formula is C22H30N6. The van der Waals surface area contributed by atoms with Crippen molar-refractivity contribution in [1.82, 2.24) is 24.8 Å². The molecular weight excluding hydrogens is 348 g/mol. The molecule has 1 aliphatic heterocycles. The second-order valence-corrected chi connectivity index (χ2v) is 8.70. The highest BCUT2D eigenvalue weighted by molar-refractivity contribution is 5.43. The molecule has 2 aromatic rings. The molecule has 0 N–H and O–H groups in total. The molecule has 0 amide bonds. The molecule has 5 rings (SSSR count). The van der Waals surface area contributed by atoms with E-state index in [0.29, 0.717) is 18.0 Å².